The molecule has 1 aromatic carbocycles. The van der Waals surface area contributed by atoms with Crippen molar-refractivity contribution in [2.45, 2.75) is 39.5 Å². The predicted octanol–water partition coefficient (Wildman–Crippen LogP) is 5.68. The van der Waals surface area contributed by atoms with Crippen LogP contribution in [-0.4, -0.2) is 10.7 Å². The molecule has 0 spiro atoms. The molecule has 1 aromatic heterocycles. The molecule has 0 bridgehead atoms. The lowest BCUT2D eigenvalue weighted by Gasteiger charge is -2.17. The van der Waals surface area contributed by atoms with Crippen LogP contribution in [0.5, 0.6) is 0 Å². The summed E-state index contributed by atoms with van der Waals surface area (Å²) < 4.78 is 0. The Hall–Kier alpha value is -1.74. The summed E-state index contributed by atoms with van der Waals surface area (Å²) >= 11 is 6.47. The molecular weight excluding hydrogens is 294 g/mol. The zero-order valence-electron chi connectivity index (χ0n) is 13.4. The second-order valence-electron chi connectivity index (χ2n) is 6.31. The van der Waals surface area contributed by atoms with Gasteiger partial charge in [0.1, 0.15) is 0 Å². The van der Waals surface area contributed by atoms with E-state index in [4.69, 9.17) is 11.6 Å². The van der Waals surface area contributed by atoms with Gasteiger partial charge in [-0.25, -0.2) is 5.01 Å². The Morgan fingerprint density at radius 1 is 1.41 bits per heavy atom. The molecule has 0 unspecified atom stereocenters. The molecule has 1 N–H and O–H groups in total. The second-order valence-corrected chi connectivity index (χ2v) is 6.72. The fourth-order valence-electron chi connectivity index (χ4n) is 2.60. The van der Waals surface area contributed by atoms with Crippen LogP contribution < -0.4 is 5.01 Å². The third kappa shape index (κ3) is 2.91. The minimum absolute atomic E-state index is 0.459. The lowest BCUT2D eigenvalue weighted by molar-refractivity contribution is 0.836. The number of hydrogen-bond donors (Lipinski definition) is 1. The highest BCUT2D eigenvalue weighted by Crippen LogP contribution is 2.35. The van der Waals surface area contributed by atoms with Gasteiger partial charge in [-0.3, -0.25) is 0 Å². The van der Waals surface area contributed by atoms with Crippen molar-refractivity contribution in [3.05, 3.63) is 41.7 Å². The quantitative estimate of drug-likeness (QED) is 0.558. The Morgan fingerprint density at radius 3 is 2.73 bits per heavy atom. The van der Waals surface area contributed by atoms with E-state index in [1.54, 1.807) is 11.2 Å². The highest BCUT2D eigenvalue weighted by molar-refractivity contribution is 6.34. The zero-order valence-corrected chi connectivity index (χ0v) is 14.1. The van der Waals surface area contributed by atoms with E-state index in [0.717, 1.165) is 22.3 Å². The van der Waals surface area contributed by atoms with Crippen molar-refractivity contribution in [2.24, 2.45) is 11.0 Å². The summed E-state index contributed by atoms with van der Waals surface area (Å²) in [4.78, 5) is 3.46. The molecular formula is C18H22ClN3. The molecule has 116 valence electrons. The van der Waals surface area contributed by atoms with Crippen LogP contribution in [0.1, 0.15) is 45.2 Å². The third-order valence-electron chi connectivity index (χ3n) is 4.18. The van der Waals surface area contributed by atoms with Gasteiger partial charge in [0.05, 0.1) is 10.7 Å². The van der Waals surface area contributed by atoms with Crippen LogP contribution in [0.2, 0.25) is 5.02 Å². The standard InChI is InChI=1S/C18H22ClN3/c1-5-22(21-12(4)13-6-7-13)18-10-17-14(8-15(18)19)9-16(20-17)11(2)3/h5,8-11,13,20H,1,6-7H2,2-4H3/b21-12+. The van der Waals surface area contributed by atoms with Gasteiger partial charge < -0.3 is 4.98 Å². The van der Waals surface area contributed by atoms with Crippen LogP contribution in [0.25, 0.3) is 10.9 Å². The van der Waals surface area contributed by atoms with Gasteiger partial charge in [-0.15, -0.1) is 0 Å². The Labute approximate surface area is 136 Å². The topological polar surface area (TPSA) is 31.4 Å². The van der Waals surface area contributed by atoms with Crippen molar-refractivity contribution >= 4 is 33.9 Å². The van der Waals surface area contributed by atoms with Crippen molar-refractivity contribution in [3.63, 3.8) is 0 Å². The Kier molecular flexibility index (Phi) is 4.00. The van der Waals surface area contributed by atoms with E-state index in [1.165, 1.54) is 18.5 Å². The summed E-state index contributed by atoms with van der Waals surface area (Å²) in [5, 5.41) is 8.27. The largest absolute Gasteiger partial charge is 0.358 e. The van der Waals surface area contributed by atoms with Gasteiger partial charge in [0.2, 0.25) is 0 Å². The van der Waals surface area contributed by atoms with E-state index in [1.807, 2.05) is 6.07 Å². The van der Waals surface area contributed by atoms with Gasteiger partial charge in [0, 0.05) is 28.5 Å². The van der Waals surface area contributed by atoms with Crippen LogP contribution in [0.15, 0.2) is 36.1 Å². The van der Waals surface area contributed by atoms with E-state index in [2.05, 4.69) is 49.6 Å². The first-order valence-electron chi connectivity index (χ1n) is 7.78. The van der Waals surface area contributed by atoms with Crippen molar-refractivity contribution < 1.29 is 0 Å². The Balaban J connectivity index is 2.02. The Bertz CT molecular complexity index is 738. The van der Waals surface area contributed by atoms with Gasteiger partial charge in [-0.05, 0) is 49.8 Å². The first-order chi connectivity index (χ1) is 10.5. The normalized spacial score (nSPS) is 15.6. The summed E-state index contributed by atoms with van der Waals surface area (Å²) in [6.07, 6.45) is 4.19. The average molecular weight is 316 g/mol. The second kappa shape index (κ2) is 5.81. The summed E-state index contributed by atoms with van der Waals surface area (Å²) in [5.74, 6) is 1.09. The number of nitrogens with zero attached hydrogens (tertiary/aromatic N) is 2. The molecule has 4 heteroatoms. The van der Waals surface area contributed by atoms with Crippen molar-refractivity contribution in [1.29, 1.82) is 0 Å². The smallest absolute Gasteiger partial charge is 0.0852 e. The zero-order chi connectivity index (χ0) is 15.9. The molecule has 0 saturated heterocycles. The lowest BCUT2D eigenvalue weighted by atomic mass is 10.1. The number of aromatic nitrogens is 1. The molecule has 1 saturated carbocycles. The number of anilines is 1. The van der Waals surface area contributed by atoms with Crippen LogP contribution in [-0.2, 0) is 0 Å². The van der Waals surface area contributed by atoms with Gasteiger partial charge in [0.25, 0.3) is 0 Å². The van der Waals surface area contributed by atoms with Crippen LogP contribution in [0, 0.1) is 5.92 Å². The van der Waals surface area contributed by atoms with Gasteiger partial charge in [0.15, 0.2) is 0 Å². The Morgan fingerprint density at radius 2 is 2.14 bits per heavy atom. The molecule has 3 nitrogen and oxygen atoms in total. The molecule has 1 heterocycles. The molecule has 0 radical (unpaired) electrons. The maximum Gasteiger partial charge on any atom is 0.0852 e. The first kappa shape index (κ1) is 15.2. The fourth-order valence-corrected chi connectivity index (χ4v) is 2.86. The number of H-pyrrole nitrogens is 1. The monoisotopic (exact) mass is 315 g/mol. The number of fused-ring (bicyclic) bond motifs is 1. The van der Waals surface area contributed by atoms with Gasteiger partial charge in [-0.1, -0.05) is 32.0 Å². The average Bonchev–Trinajstić information content (AvgIpc) is 3.24. The molecule has 0 atom stereocenters. The van der Waals surface area contributed by atoms with E-state index < -0.39 is 0 Å². The molecule has 0 aliphatic heterocycles. The molecule has 2 aromatic rings. The predicted molar refractivity (Wildman–Crippen MR) is 95.9 cm³/mol. The number of benzene rings is 1. The van der Waals surface area contributed by atoms with Crippen LogP contribution >= 0.6 is 11.6 Å². The first-order valence-corrected chi connectivity index (χ1v) is 8.16. The SMILES string of the molecule is C=CN(/N=C(\C)C1CC1)c1cc2[nH]c(C(C)C)cc2cc1Cl. The lowest BCUT2D eigenvalue weighted by Crippen LogP contribution is -2.11. The van der Waals surface area contributed by atoms with Crippen LogP contribution in [0.3, 0.4) is 0 Å². The number of hydrogen-bond acceptors (Lipinski definition) is 2. The van der Waals surface area contributed by atoms with Crippen molar-refractivity contribution in [2.75, 3.05) is 5.01 Å². The molecule has 1 aliphatic rings. The van der Waals surface area contributed by atoms with Gasteiger partial charge >= 0.3 is 0 Å². The molecule has 1 fully saturated rings. The maximum atomic E-state index is 6.47. The third-order valence-corrected chi connectivity index (χ3v) is 4.49. The molecule has 22 heavy (non-hydrogen) atoms. The van der Waals surface area contributed by atoms with E-state index in [0.29, 0.717) is 16.9 Å². The van der Waals surface area contributed by atoms with Crippen LogP contribution in [0.4, 0.5) is 5.69 Å². The maximum absolute atomic E-state index is 6.47. The highest BCUT2D eigenvalue weighted by Gasteiger charge is 2.25. The van der Waals surface area contributed by atoms with E-state index in [-0.39, 0.29) is 0 Å². The number of rotatable bonds is 5. The van der Waals surface area contributed by atoms with Gasteiger partial charge in [-0.2, -0.15) is 5.10 Å². The van der Waals surface area contributed by atoms with E-state index in [9.17, 15) is 0 Å². The number of aromatic amines is 1. The molecule has 0 amide bonds. The minimum atomic E-state index is 0.459. The summed E-state index contributed by atoms with van der Waals surface area (Å²) in [7, 11) is 0. The van der Waals surface area contributed by atoms with E-state index >= 15 is 0 Å². The number of hydrazone groups is 1. The number of nitrogens with one attached hydrogen (secondary N) is 1. The summed E-state index contributed by atoms with van der Waals surface area (Å²) in [5.41, 5.74) is 4.30. The fraction of sp³-hybridized carbons (Fsp3) is 0.389. The minimum Gasteiger partial charge on any atom is -0.358 e. The summed E-state index contributed by atoms with van der Waals surface area (Å²) in [6, 6.07) is 6.20. The van der Waals surface area contributed by atoms with Crippen molar-refractivity contribution in [1.82, 2.24) is 4.98 Å². The molecule has 3 rings (SSSR count). The van der Waals surface area contributed by atoms with Crippen molar-refractivity contribution in [3.8, 4) is 0 Å². The molecule has 1 aliphatic carbocycles. The number of halogens is 1. The highest BCUT2D eigenvalue weighted by atomic mass is 35.5. The summed E-state index contributed by atoms with van der Waals surface area (Å²) in [6.45, 7) is 10.3.